The highest BCUT2D eigenvalue weighted by Gasteiger charge is 2.42. The topological polar surface area (TPSA) is 122 Å². The maximum atomic E-state index is 14.1. The molecule has 0 bridgehead atoms. The quantitative estimate of drug-likeness (QED) is 0.274. The number of thiophene rings is 1. The molecule has 1 aromatic carbocycles. The zero-order valence-corrected chi connectivity index (χ0v) is 28.0. The monoisotopic (exact) mass is 668 g/mol. The summed E-state index contributed by atoms with van der Waals surface area (Å²) in [5.41, 5.74) is 2.26. The number of nitrogens with zero attached hydrogens (tertiary/aromatic N) is 6. The standard InChI is InChI=1S/C35H36N6O4S2/c1-22-8-9-25(18-36-22)30-38-23(2)29(47-30)34(44)40-14-10-26(28(19-40)24-6-4-3-5-7-24)32(42)39-15-12-35(45,13-16-39)20-41-21-37-31-27(33(41)43)11-17-46-31/h3-9,11,17-18,21,26,28,45H,10,12-16,19-20H2,1-2H3/t26-,28+/m1/s1. The lowest BCUT2D eigenvalue weighted by atomic mass is 9.79. The number of likely N-dealkylation sites (tertiary alicyclic amines) is 2. The summed E-state index contributed by atoms with van der Waals surface area (Å²) < 4.78 is 1.48. The third-order valence-corrected chi connectivity index (χ3v) is 11.5. The van der Waals surface area contributed by atoms with Crippen LogP contribution in [0.15, 0.2) is 71.2 Å². The number of pyridine rings is 1. The van der Waals surface area contributed by atoms with Crippen LogP contribution in [-0.4, -0.2) is 78.0 Å². The van der Waals surface area contributed by atoms with Gasteiger partial charge in [0, 0.05) is 55.5 Å². The molecule has 47 heavy (non-hydrogen) atoms. The SMILES string of the molecule is Cc1ccc(-c2nc(C)c(C(=O)N3CC[C@@H](C(=O)N4CCC(O)(Cn5cnc6sccc6c5=O)CC4)[C@H](c4ccccc4)C3)s2)cn1. The van der Waals surface area contributed by atoms with Crippen LogP contribution in [0.25, 0.3) is 20.8 Å². The van der Waals surface area contributed by atoms with Gasteiger partial charge in [0.2, 0.25) is 5.91 Å². The minimum atomic E-state index is -1.11. The number of aromatic nitrogens is 4. The number of piperidine rings is 2. The van der Waals surface area contributed by atoms with Crippen LogP contribution >= 0.6 is 22.7 Å². The maximum absolute atomic E-state index is 14.1. The average Bonchev–Trinajstić information content (AvgIpc) is 3.73. The molecule has 4 aromatic heterocycles. The van der Waals surface area contributed by atoms with Crippen molar-refractivity contribution in [2.45, 2.75) is 51.2 Å². The van der Waals surface area contributed by atoms with Crippen LogP contribution in [0.4, 0.5) is 0 Å². The molecule has 242 valence electrons. The van der Waals surface area contributed by atoms with Crippen LogP contribution in [0.1, 0.15) is 51.8 Å². The molecule has 2 fully saturated rings. The Bertz CT molecular complexity index is 1980. The van der Waals surface area contributed by atoms with Crippen molar-refractivity contribution in [2.24, 2.45) is 5.92 Å². The van der Waals surface area contributed by atoms with E-state index in [0.717, 1.165) is 21.8 Å². The molecule has 6 heterocycles. The van der Waals surface area contributed by atoms with Gasteiger partial charge in [0.15, 0.2) is 0 Å². The summed E-state index contributed by atoms with van der Waals surface area (Å²) in [6, 6.07) is 15.6. The summed E-state index contributed by atoms with van der Waals surface area (Å²) in [4.78, 5) is 59.4. The van der Waals surface area contributed by atoms with Crippen LogP contribution in [-0.2, 0) is 11.3 Å². The Balaban J connectivity index is 1.05. The van der Waals surface area contributed by atoms with E-state index in [-0.39, 0.29) is 35.8 Å². The van der Waals surface area contributed by atoms with Crippen LogP contribution in [0, 0.1) is 19.8 Å². The van der Waals surface area contributed by atoms with E-state index in [2.05, 4.69) is 15.0 Å². The van der Waals surface area contributed by atoms with Gasteiger partial charge in [0.1, 0.15) is 14.7 Å². The van der Waals surface area contributed by atoms with Crippen molar-refractivity contribution >= 4 is 44.7 Å². The van der Waals surface area contributed by atoms with Crippen molar-refractivity contribution in [3.05, 3.63) is 98.6 Å². The highest BCUT2D eigenvalue weighted by molar-refractivity contribution is 7.17. The molecule has 2 amide bonds. The van der Waals surface area contributed by atoms with Gasteiger partial charge in [0.05, 0.1) is 29.6 Å². The summed E-state index contributed by atoms with van der Waals surface area (Å²) in [6.07, 6.45) is 4.56. The van der Waals surface area contributed by atoms with Gasteiger partial charge in [0.25, 0.3) is 11.5 Å². The summed E-state index contributed by atoms with van der Waals surface area (Å²) in [5, 5.41) is 14.6. The fraction of sp³-hybridized carbons (Fsp3) is 0.371. The number of amides is 2. The fourth-order valence-corrected chi connectivity index (χ4v) is 8.53. The number of carbonyl (C=O) groups excluding carboxylic acids is 2. The molecule has 2 atom stereocenters. The number of fused-ring (bicyclic) bond motifs is 1. The highest BCUT2D eigenvalue weighted by atomic mass is 32.1. The fourth-order valence-electron chi connectivity index (χ4n) is 6.79. The van der Waals surface area contributed by atoms with Gasteiger partial charge in [-0.05, 0) is 62.3 Å². The number of aliphatic hydroxyl groups is 1. The number of thiazole rings is 1. The lowest BCUT2D eigenvalue weighted by molar-refractivity contribution is -0.142. The molecule has 0 spiro atoms. The molecular formula is C35H36N6O4S2. The highest BCUT2D eigenvalue weighted by Crippen LogP contribution is 2.37. The third-order valence-electron chi connectivity index (χ3n) is 9.52. The molecule has 12 heteroatoms. The van der Waals surface area contributed by atoms with Crippen molar-refractivity contribution in [1.82, 2.24) is 29.3 Å². The third kappa shape index (κ3) is 6.24. The van der Waals surface area contributed by atoms with Gasteiger partial charge in [-0.3, -0.25) is 23.9 Å². The van der Waals surface area contributed by atoms with Crippen molar-refractivity contribution in [3.8, 4) is 10.6 Å². The van der Waals surface area contributed by atoms with Crippen LogP contribution in [0.3, 0.4) is 0 Å². The van der Waals surface area contributed by atoms with E-state index in [1.165, 1.54) is 33.6 Å². The number of hydrogen-bond acceptors (Lipinski definition) is 9. The number of hydrogen-bond donors (Lipinski definition) is 1. The van der Waals surface area contributed by atoms with E-state index in [1.54, 1.807) is 12.3 Å². The van der Waals surface area contributed by atoms with E-state index in [0.29, 0.717) is 66.2 Å². The number of carbonyl (C=O) groups is 2. The Kier molecular flexibility index (Phi) is 8.50. The van der Waals surface area contributed by atoms with E-state index >= 15 is 0 Å². The van der Waals surface area contributed by atoms with Crippen LogP contribution < -0.4 is 5.56 Å². The molecule has 10 nitrogen and oxygen atoms in total. The summed E-state index contributed by atoms with van der Waals surface area (Å²) in [6.45, 7) is 5.63. The predicted molar refractivity (Wildman–Crippen MR) is 183 cm³/mol. The average molecular weight is 669 g/mol. The minimum absolute atomic E-state index is 0.0506. The van der Waals surface area contributed by atoms with Gasteiger partial charge < -0.3 is 14.9 Å². The van der Waals surface area contributed by atoms with Gasteiger partial charge in [-0.1, -0.05) is 30.3 Å². The van der Waals surface area contributed by atoms with Gasteiger partial charge in [-0.15, -0.1) is 22.7 Å². The molecule has 1 N–H and O–H groups in total. The zero-order valence-electron chi connectivity index (χ0n) is 26.3. The molecule has 2 aliphatic heterocycles. The summed E-state index contributed by atoms with van der Waals surface area (Å²) in [5.74, 6) is -0.475. The second-order valence-electron chi connectivity index (χ2n) is 12.7. The number of benzene rings is 1. The number of rotatable bonds is 6. The molecule has 0 aliphatic carbocycles. The largest absolute Gasteiger partial charge is 0.388 e. The predicted octanol–water partition coefficient (Wildman–Crippen LogP) is 4.89. The van der Waals surface area contributed by atoms with Gasteiger partial charge >= 0.3 is 0 Å². The Morgan fingerprint density at radius 2 is 1.79 bits per heavy atom. The first-order valence-corrected chi connectivity index (χ1v) is 17.6. The molecule has 5 aromatic rings. The Labute approximate surface area is 280 Å². The second kappa shape index (κ2) is 12.7. The summed E-state index contributed by atoms with van der Waals surface area (Å²) >= 11 is 2.80. The first-order chi connectivity index (χ1) is 22.7. The van der Waals surface area contributed by atoms with E-state index < -0.39 is 5.60 Å². The van der Waals surface area contributed by atoms with E-state index in [1.807, 2.05) is 71.5 Å². The molecule has 2 saturated heterocycles. The first-order valence-electron chi connectivity index (χ1n) is 15.9. The van der Waals surface area contributed by atoms with E-state index in [9.17, 15) is 19.5 Å². The van der Waals surface area contributed by atoms with Gasteiger partial charge in [-0.2, -0.15) is 0 Å². The molecule has 7 rings (SSSR count). The molecule has 0 saturated carbocycles. The van der Waals surface area contributed by atoms with Crippen molar-refractivity contribution in [3.63, 3.8) is 0 Å². The second-order valence-corrected chi connectivity index (χ2v) is 14.5. The number of aryl methyl sites for hydroxylation is 2. The molecular weight excluding hydrogens is 633 g/mol. The lowest BCUT2D eigenvalue weighted by Gasteiger charge is -2.43. The van der Waals surface area contributed by atoms with Crippen molar-refractivity contribution in [1.29, 1.82) is 0 Å². The van der Waals surface area contributed by atoms with Crippen LogP contribution in [0.5, 0.6) is 0 Å². The first kappa shape index (κ1) is 31.3. The smallest absolute Gasteiger partial charge is 0.265 e. The Morgan fingerprint density at radius 1 is 1.00 bits per heavy atom. The molecule has 0 unspecified atom stereocenters. The zero-order chi connectivity index (χ0) is 32.7. The minimum Gasteiger partial charge on any atom is -0.388 e. The maximum Gasteiger partial charge on any atom is 0.265 e. The van der Waals surface area contributed by atoms with Crippen molar-refractivity contribution < 1.29 is 14.7 Å². The Hall–Kier alpha value is -4.26. The Morgan fingerprint density at radius 3 is 2.53 bits per heavy atom. The molecule has 2 aliphatic rings. The van der Waals surface area contributed by atoms with E-state index in [4.69, 9.17) is 0 Å². The normalized spacial score (nSPS) is 19.6. The molecule has 0 radical (unpaired) electrons. The van der Waals surface area contributed by atoms with Crippen molar-refractivity contribution in [2.75, 3.05) is 26.2 Å². The van der Waals surface area contributed by atoms with Gasteiger partial charge in [-0.25, -0.2) is 9.97 Å². The summed E-state index contributed by atoms with van der Waals surface area (Å²) in [7, 11) is 0. The lowest BCUT2D eigenvalue weighted by Crippen LogP contribution is -2.53. The van der Waals surface area contributed by atoms with Crippen LogP contribution in [0.2, 0.25) is 0 Å².